The molecule has 2 aliphatic rings. The number of carbonyl (C=O) groups is 1. The molecule has 2 amide bonds. The quantitative estimate of drug-likeness (QED) is 0.837. The molecule has 2 aromatic rings. The van der Waals surface area contributed by atoms with Crippen molar-refractivity contribution in [1.82, 2.24) is 14.7 Å². The maximum Gasteiger partial charge on any atom is 0.322 e. The first kappa shape index (κ1) is 19.6. The lowest BCUT2D eigenvalue weighted by Gasteiger charge is -2.35. The Bertz CT molecular complexity index is 810. The van der Waals surface area contributed by atoms with Gasteiger partial charge in [0.2, 0.25) is 0 Å². The Kier molecular flexibility index (Phi) is 6.19. The van der Waals surface area contributed by atoms with E-state index in [4.69, 9.17) is 9.47 Å². The third-order valence-corrected chi connectivity index (χ3v) is 5.45. The van der Waals surface area contributed by atoms with Crippen LogP contribution in [-0.4, -0.2) is 66.2 Å². The van der Waals surface area contributed by atoms with E-state index in [-0.39, 0.29) is 12.1 Å². The Balaban J connectivity index is 1.30. The van der Waals surface area contributed by atoms with E-state index in [1.165, 1.54) is 6.42 Å². The van der Waals surface area contributed by atoms with E-state index < -0.39 is 0 Å². The number of benzene rings is 1. The number of hydrogen-bond donors (Lipinski definition) is 1. The van der Waals surface area contributed by atoms with Crippen molar-refractivity contribution in [2.45, 2.75) is 25.4 Å². The summed E-state index contributed by atoms with van der Waals surface area (Å²) in [7, 11) is 1.91. The first-order chi connectivity index (χ1) is 14.2. The Morgan fingerprint density at radius 1 is 1.24 bits per heavy atom. The van der Waals surface area contributed by atoms with Gasteiger partial charge >= 0.3 is 6.03 Å². The van der Waals surface area contributed by atoms with Crippen LogP contribution in [0.4, 0.5) is 16.2 Å². The number of carbonyl (C=O) groups excluding carboxylic acids is 1. The van der Waals surface area contributed by atoms with Crippen molar-refractivity contribution in [2.24, 2.45) is 7.05 Å². The van der Waals surface area contributed by atoms with Gasteiger partial charge in [0.05, 0.1) is 23.7 Å². The van der Waals surface area contributed by atoms with Crippen LogP contribution in [0.1, 0.15) is 19.3 Å². The monoisotopic (exact) mass is 399 g/mol. The molecule has 8 nitrogen and oxygen atoms in total. The molecule has 0 spiro atoms. The molecule has 2 aliphatic heterocycles. The summed E-state index contributed by atoms with van der Waals surface area (Å²) in [5.74, 6) is 0.684. The lowest BCUT2D eigenvalue weighted by Crippen LogP contribution is -2.50. The Morgan fingerprint density at radius 2 is 2.07 bits per heavy atom. The predicted molar refractivity (Wildman–Crippen MR) is 112 cm³/mol. The van der Waals surface area contributed by atoms with Gasteiger partial charge in [-0.2, -0.15) is 5.10 Å². The molecule has 0 aliphatic carbocycles. The molecule has 8 heteroatoms. The largest absolute Gasteiger partial charge is 0.489 e. The standard InChI is InChI=1S/C21H29N5O3/c1-24-15-17(14-22-24)25-9-11-26(12-10-25)21(27)23-19-7-2-3-8-20(19)29-16-18-6-4-5-13-28-18/h2-3,7-8,14-15,18H,4-6,9-13,16H2,1H3,(H,23,27). The molecule has 0 radical (unpaired) electrons. The highest BCUT2D eigenvalue weighted by atomic mass is 16.5. The van der Waals surface area contributed by atoms with Crippen LogP contribution in [0.25, 0.3) is 0 Å². The van der Waals surface area contributed by atoms with Crippen LogP contribution in [0.15, 0.2) is 36.7 Å². The summed E-state index contributed by atoms with van der Waals surface area (Å²) in [4.78, 5) is 16.9. The zero-order valence-electron chi connectivity index (χ0n) is 16.9. The fourth-order valence-electron chi connectivity index (χ4n) is 3.75. The molecule has 1 N–H and O–H groups in total. The van der Waals surface area contributed by atoms with E-state index in [9.17, 15) is 4.79 Å². The Hall–Kier alpha value is -2.74. The van der Waals surface area contributed by atoms with Crippen LogP contribution in [0, 0.1) is 0 Å². The van der Waals surface area contributed by atoms with Crippen LogP contribution in [0.3, 0.4) is 0 Å². The SMILES string of the molecule is Cn1cc(N2CCN(C(=O)Nc3ccccc3OCC3CCCCO3)CC2)cn1. The molecule has 2 fully saturated rings. The lowest BCUT2D eigenvalue weighted by atomic mass is 10.1. The summed E-state index contributed by atoms with van der Waals surface area (Å²) in [6.45, 7) is 4.22. The van der Waals surface area contributed by atoms with Crippen LogP contribution in [0.5, 0.6) is 5.75 Å². The fraction of sp³-hybridized carbons (Fsp3) is 0.524. The van der Waals surface area contributed by atoms with E-state index in [0.29, 0.717) is 31.1 Å². The van der Waals surface area contributed by atoms with Gasteiger partial charge in [-0.05, 0) is 31.4 Å². The first-order valence-corrected chi connectivity index (χ1v) is 10.3. The Morgan fingerprint density at radius 3 is 2.79 bits per heavy atom. The highest BCUT2D eigenvalue weighted by Gasteiger charge is 2.23. The molecular formula is C21H29N5O3. The van der Waals surface area contributed by atoms with Crippen LogP contribution in [0.2, 0.25) is 0 Å². The highest BCUT2D eigenvalue weighted by molar-refractivity contribution is 5.91. The maximum absolute atomic E-state index is 12.8. The van der Waals surface area contributed by atoms with Gasteiger partial charge in [0.15, 0.2) is 0 Å². The summed E-state index contributed by atoms with van der Waals surface area (Å²) in [5, 5.41) is 7.23. The zero-order chi connectivity index (χ0) is 20.1. The molecule has 1 aromatic heterocycles. The maximum atomic E-state index is 12.8. The number of nitrogens with one attached hydrogen (secondary N) is 1. The summed E-state index contributed by atoms with van der Waals surface area (Å²) in [6, 6.07) is 7.49. The topological polar surface area (TPSA) is 71.9 Å². The summed E-state index contributed by atoms with van der Waals surface area (Å²) in [6.07, 6.45) is 7.32. The molecule has 1 aromatic carbocycles. The van der Waals surface area contributed by atoms with E-state index in [1.54, 1.807) is 4.68 Å². The van der Waals surface area contributed by atoms with Crippen molar-refractivity contribution in [1.29, 1.82) is 0 Å². The van der Waals surface area contributed by atoms with Gasteiger partial charge in [0.1, 0.15) is 12.4 Å². The van der Waals surface area contributed by atoms with Crippen LogP contribution >= 0.6 is 0 Å². The van der Waals surface area contributed by atoms with Gasteiger partial charge < -0.3 is 24.6 Å². The number of ether oxygens (including phenoxy) is 2. The zero-order valence-corrected chi connectivity index (χ0v) is 16.9. The number of hydrogen-bond acceptors (Lipinski definition) is 5. The number of amides is 2. The molecule has 1 unspecified atom stereocenters. The number of nitrogens with zero attached hydrogens (tertiary/aromatic N) is 4. The van der Waals surface area contributed by atoms with Crippen molar-refractivity contribution < 1.29 is 14.3 Å². The van der Waals surface area contributed by atoms with Crippen molar-refractivity contribution in [3.05, 3.63) is 36.7 Å². The number of para-hydroxylation sites is 2. The smallest absolute Gasteiger partial charge is 0.322 e. The second kappa shape index (κ2) is 9.17. The molecule has 2 saturated heterocycles. The predicted octanol–water partition coefficient (Wildman–Crippen LogP) is 2.72. The molecule has 1 atom stereocenters. The number of aromatic nitrogens is 2. The Labute approximate surface area is 171 Å². The molecule has 0 bridgehead atoms. The molecular weight excluding hydrogens is 370 g/mol. The normalized spacial score (nSPS) is 19.8. The average Bonchev–Trinajstić information content (AvgIpc) is 3.20. The van der Waals surface area contributed by atoms with Crippen molar-refractivity contribution >= 4 is 17.4 Å². The second-order valence-corrected chi connectivity index (χ2v) is 7.57. The minimum Gasteiger partial charge on any atom is -0.489 e. The first-order valence-electron chi connectivity index (χ1n) is 10.3. The second-order valence-electron chi connectivity index (χ2n) is 7.57. The minimum absolute atomic E-state index is 0.0965. The minimum atomic E-state index is -0.0965. The number of piperazine rings is 1. The van der Waals surface area contributed by atoms with Crippen LogP contribution < -0.4 is 15.0 Å². The third-order valence-electron chi connectivity index (χ3n) is 5.45. The summed E-state index contributed by atoms with van der Waals surface area (Å²) >= 11 is 0. The van der Waals surface area contributed by atoms with E-state index in [1.807, 2.05) is 48.6 Å². The number of rotatable bonds is 5. The van der Waals surface area contributed by atoms with Gasteiger partial charge in [-0.15, -0.1) is 0 Å². The van der Waals surface area contributed by atoms with Crippen molar-refractivity contribution in [3.63, 3.8) is 0 Å². The van der Waals surface area contributed by atoms with E-state index in [0.717, 1.165) is 38.2 Å². The molecule has 4 rings (SSSR count). The van der Waals surface area contributed by atoms with Gasteiger partial charge in [0, 0.05) is 46.0 Å². The molecule has 3 heterocycles. The highest BCUT2D eigenvalue weighted by Crippen LogP contribution is 2.26. The van der Waals surface area contributed by atoms with E-state index >= 15 is 0 Å². The third kappa shape index (κ3) is 5.00. The lowest BCUT2D eigenvalue weighted by molar-refractivity contribution is -0.0109. The number of anilines is 2. The van der Waals surface area contributed by atoms with Gasteiger partial charge in [-0.3, -0.25) is 4.68 Å². The van der Waals surface area contributed by atoms with Crippen LogP contribution in [-0.2, 0) is 11.8 Å². The van der Waals surface area contributed by atoms with Crippen molar-refractivity contribution in [3.8, 4) is 5.75 Å². The summed E-state index contributed by atoms with van der Waals surface area (Å²) in [5.41, 5.74) is 1.79. The van der Waals surface area contributed by atoms with E-state index in [2.05, 4.69) is 15.3 Å². The van der Waals surface area contributed by atoms with Gasteiger partial charge in [-0.1, -0.05) is 12.1 Å². The molecule has 0 saturated carbocycles. The van der Waals surface area contributed by atoms with Gasteiger partial charge in [-0.25, -0.2) is 4.79 Å². The fourth-order valence-corrected chi connectivity index (χ4v) is 3.75. The molecule has 29 heavy (non-hydrogen) atoms. The number of urea groups is 1. The molecule has 156 valence electrons. The summed E-state index contributed by atoms with van der Waals surface area (Å²) < 4.78 is 13.5. The van der Waals surface area contributed by atoms with Gasteiger partial charge in [0.25, 0.3) is 0 Å². The average molecular weight is 399 g/mol. The number of aryl methyl sites for hydroxylation is 1. The van der Waals surface area contributed by atoms with Crippen molar-refractivity contribution in [2.75, 3.05) is 49.6 Å².